The van der Waals surface area contributed by atoms with E-state index < -0.39 is 0 Å². The van der Waals surface area contributed by atoms with E-state index in [-0.39, 0.29) is 6.23 Å². The van der Waals surface area contributed by atoms with Gasteiger partial charge < -0.3 is 5.11 Å². The fourth-order valence-corrected chi connectivity index (χ4v) is 2.76. The second-order valence-electron chi connectivity index (χ2n) is 5.09. The van der Waals surface area contributed by atoms with Crippen LogP contribution in [0.4, 0.5) is 0 Å². The highest BCUT2D eigenvalue weighted by molar-refractivity contribution is 4.78. The topological polar surface area (TPSA) is 23.5 Å². The third kappa shape index (κ3) is 3.76. The summed E-state index contributed by atoms with van der Waals surface area (Å²) in [6.45, 7) is 4.39. The largest absolute Gasteiger partial charge is 0.378 e. The van der Waals surface area contributed by atoms with E-state index in [1.54, 1.807) is 0 Å². The molecule has 1 rings (SSSR count). The minimum atomic E-state index is -0.253. The van der Waals surface area contributed by atoms with E-state index >= 15 is 0 Å². The molecule has 1 saturated carbocycles. The highest BCUT2D eigenvalue weighted by Crippen LogP contribution is 2.26. The molecule has 1 N–H and O–H groups in total. The molecule has 0 aromatic rings. The van der Waals surface area contributed by atoms with Crippen molar-refractivity contribution in [2.24, 2.45) is 5.92 Å². The van der Waals surface area contributed by atoms with Crippen LogP contribution in [0, 0.1) is 5.92 Å². The Morgan fingerprint density at radius 3 is 2.40 bits per heavy atom. The smallest absolute Gasteiger partial charge is 0.107 e. The predicted octanol–water partition coefficient (Wildman–Crippen LogP) is 3.01. The fourth-order valence-electron chi connectivity index (χ4n) is 2.76. The summed E-state index contributed by atoms with van der Waals surface area (Å²) >= 11 is 0. The molecule has 0 bridgehead atoms. The number of hydrogen-bond acceptors (Lipinski definition) is 2. The molecule has 0 spiro atoms. The SMILES string of the molecule is CCC(O)N(C)C1CCCCCCC1C. The van der Waals surface area contributed by atoms with Crippen molar-refractivity contribution in [3.8, 4) is 0 Å². The maximum absolute atomic E-state index is 9.88. The summed E-state index contributed by atoms with van der Waals surface area (Å²) in [6, 6.07) is 0.584. The zero-order valence-corrected chi connectivity index (χ0v) is 10.6. The maximum atomic E-state index is 9.88. The Bertz CT molecular complexity index is 172. The lowest BCUT2D eigenvalue weighted by Crippen LogP contribution is -2.43. The molecular weight excluding hydrogens is 186 g/mol. The van der Waals surface area contributed by atoms with E-state index in [1.807, 2.05) is 0 Å². The third-order valence-corrected chi connectivity index (χ3v) is 3.92. The maximum Gasteiger partial charge on any atom is 0.107 e. The Morgan fingerprint density at radius 1 is 1.20 bits per heavy atom. The van der Waals surface area contributed by atoms with E-state index in [0.29, 0.717) is 6.04 Å². The van der Waals surface area contributed by atoms with Crippen LogP contribution >= 0.6 is 0 Å². The zero-order valence-electron chi connectivity index (χ0n) is 10.6. The molecule has 0 aromatic carbocycles. The summed E-state index contributed by atoms with van der Waals surface area (Å²) in [7, 11) is 2.08. The molecule has 0 aliphatic heterocycles. The summed E-state index contributed by atoms with van der Waals surface area (Å²) in [4.78, 5) is 2.19. The van der Waals surface area contributed by atoms with E-state index in [4.69, 9.17) is 0 Å². The molecule has 3 atom stereocenters. The summed E-state index contributed by atoms with van der Waals surface area (Å²) in [5.74, 6) is 0.733. The van der Waals surface area contributed by atoms with Crippen LogP contribution in [-0.2, 0) is 0 Å². The van der Waals surface area contributed by atoms with E-state index in [0.717, 1.165) is 12.3 Å². The first-order valence-electron chi connectivity index (χ1n) is 6.56. The molecule has 0 saturated heterocycles. The molecule has 0 radical (unpaired) electrons. The van der Waals surface area contributed by atoms with Gasteiger partial charge >= 0.3 is 0 Å². The van der Waals surface area contributed by atoms with Gasteiger partial charge in [-0.25, -0.2) is 0 Å². The van der Waals surface area contributed by atoms with Gasteiger partial charge in [-0.2, -0.15) is 0 Å². The van der Waals surface area contributed by atoms with Crippen LogP contribution in [0.3, 0.4) is 0 Å². The number of hydrogen-bond donors (Lipinski definition) is 1. The molecule has 2 heteroatoms. The molecular formula is C13H27NO. The first kappa shape index (κ1) is 13.0. The van der Waals surface area contributed by atoms with E-state index in [9.17, 15) is 5.11 Å². The molecule has 90 valence electrons. The Balaban J connectivity index is 2.54. The summed E-state index contributed by atoms with van der Waals surface area (Å²) in [5, 5.41) is 9.88. The van der Waals surface area contributed by atoms with Crippen molar-refractivity contribution in [1.29, 1.82) is 0 Å². The number of aliphatic hydroxyl groups is 1. The van der Waals surface area contributed by atoms with Gasteiger partial charge in [-0.15, -0.1) is 0 Å². The Morgan fingerprint density at radius 2 is 1.80 bits per heavy atom. The van der Waals surface area contributed by atoms with Gasteiger partial charge in [-0.3, -0.25) is 4.90 Å². The monoisotopic (exact) mass is 213 g/mol. The van der Waals surface area contributed by atoms with Gasteiger partial charge in [0.2, 0.25) is 0 Å². The number of nitrogens with zero attached hydrogens (tertiary/aromatic N) is 1. The Hall–Kier alpha value is -0.0800. The number of rotatable bonds is 3. The van der Waals surface area contributed by atoms with Gasteiger partial charge in [-0.05, 0) is 32.2 Å². The van der Waals surface area contributed by atoms with Crippen LogP contribution in [-0.4, -0.2) is 29.3 Å². The second kappa shape index (κ2) is 6.49. The van der Waals surface area contributed by atoms with Gasteiger partial charge in [0, 0.05) is 6.04 Å². The first-order chi connectivity index (χ1) is 7.16. The van der Waals surface area contributed by atoms with Gasteiger partial charge in [0.15, 0.2) is 0 Å². The third-order valence-electron chi connectivity index (χ3n) is 3.92. The Kier molecular flexibility index (Phi) is 5.62. The molecule has 0 heterocycles. The predicted molar refractivity (Wildman–Crippen MR) is 64.7 cm³/mol. The summed E-state index contributed by atoms with van der Waals surface area (Å²) in [5.41, 5.74) is 0. The summed E-state index contributed by atoms with van der Waals surface area (Å²) in [6.07, 6.45) is 8.64. The van der Waals surface area contributed by atoms with Crippen LogP contribution in [0.1, 0.15) is 58.8 Å². The van der Waals surface area contributed by atoms with Gasteiger partial charge in [0.1, 0.15) is 6.23 Å². The number of aliphatic hydroxyl groups excluding tert-OH is 1. The molecule has 0 amide bonds. The van der Waals surface area contributed by atoms with E-state index in [1.165, 1.54) is 38.5 Å². The van der Waals surface area contributed by atoms with Crippen molar-refractivity contribution in [3.63, 3.8) is 0 Å². The molecule has 1 fully saturated rings. The normalized spacial score (nSPS) is 31.0. The van der Waals surface area contributed by atoms with Crippen molar-refractivity contribution >= 4 is 0 Å². The quantitative estimate of drug-likeness (QED) is 0.729. The minimum Gasteiger partial charge on any atom is -0.378 e. The summed E-state index contributed by atoms with van der Waals surface area (Å²) < 4.78 is 0. The standard InChI is InChI=1S/C13H27NO/c1-4-13(15)14(3)12-10-8-6-5-7-9-11(12)2/h11-13,15H,4-10H2,1-3H3. The van der Waals surface area contributed by atoms with E-state index in [2.05, 4.69) is 25.8 Å². The van der Waals surface area contributed by atoms with Crippen LogP contribution in [0.15, 0.2) is 0 Å². The van der Waals surface area contributed by atoms with Crippen LogP contribution in [0.2, 0.25) is 0 Å². The lowest BCUT2D eigenvalue weighted by Gasteiger charge is -2.37. The lowest BCUT2D eigenvalue weighted by atomic mass is 9.87. The Labute approximate surface area is 94.7 Å². The fraction of sp³-hybridized carbons (Fsp3) is 1.00. The van der Waals surface area contributed by atoms with Crippen LogP contribution in [0.5, 0.6) is 0 Å². The van der Waals surface area contributed by atoms with Gasteiger partial charge in [0.25, 0.3) is 0 Å². The highest BCUT2D eigenvalue weighted by Gasteiger charge is 2.25. The molecule has 15 heavy (non-hydrogen) atoms. The van der Waals surface area contributed by atoms with Crippen molar-refractivity contribution in [2.75, 3.05) is 7.05 Å². The molecule has 1 aliphatic rings. The zero-order chi connectivity index (χ0) is 11.3. The van der Waals surface area contributed by atoms with Crippen molar-refractivity contribution in [1.82, 2.24) is 4.90 Å². The van der Waals surface area contributed by atoms with Crippen molar-refractivity contribution < 1.29 is 5.11 Å². The molecule has 3 unspecified atom stereocenters. The first-order valence-corrected chi connectivity index (χ1v) is 6.56. The van der Waals surface area contributed by atoms with Crippen molar-refractivity contribution in [2.45, 2.75) is 71.1 Å². The molecule has 0 aromatic heterocycles. The second-order valence-corrected chi connectivity index (χ2v) is 5.09. The lowest BCUT2D eigenvalue weighted by molar-refractivity contribution is -0.0281. The van der Waals surface area contributed by atoms with Crippen LogP contribution < -0.4 is 0 Å². The molecule has 2 nitrogen and oxygen atoms in total. The minimum absolute atomic E-state index is 0.253. The average molecular weight is 213 g/mol. The van der Waals surface area contributed by atoms with Gasteiger partial charge in [-0.1, -0.05) is 39.5 Å². The molecule has 1 aliphatic carbocycles. The van der Waals surface area contributed by atoms with Gasteiger partial charge in [0.05, 0.1) is 0 Å². The average Bonchev–Trinajstić information content (AvgIpc) is 2.22. The van der Waals surface area contributed by atoms with Crippen molar-refractivity contribution in [3.05, 3.63) is 0 Å². The highest BCUT2D eigenvalue weighted by atomic mass is 16.3. The van der Waals surface area contributed by atoms with Crippen LogP contribution in [0.25, 0.3) is 0 Å².